The van der Waals surface area contributed by atoms with E-state index in [4.69, 9.17) is 4.74 Å². The van der Waals surface area contributed by atoms with E-state index in [9.17, 15) is 9.18 Å². The van der Waals surface area contributed by atoms with E-state index >= 15 is 0 Å². The van der Waals surface area contributed by atoms with Gasteiger partial charge in [0.15, 0.2) is 0 Å². The second-order valence-corrected chi connectivity index (χ2v) is 7.11. The zero-order chi connectivity index (χ0) is 18.1. The molecule has 5 nitrogen and oxygen atoms in total. The highest BCUT2D eigenvalue weighted by molar-refractivity contribution is 5.57. The third kappa shape index (κ3) is 3.33. The van der Waals surface area contributed by atoms with Gasteiger partial charge in [0.2, 0.25) is 0 Å². The maximum absolute atomic E-state index is 13.7. The SMILES string of the molecule is C[C@@H]1COCCN1c1cc(N2CCC[C@H]2c2cccc(F)c2)[nH]c(=O)c1. The number of H-pyrrole nitrogens is 1. The van der Waals surface area contributed by atoms with Crippen LogP contribution in [0.25, 0.3) is 0 Å². The number of hydrogen-bond acceptors (Lipinski definition) is 4. The first-order valence-electron chi connectivity index (χ1n) is 9.23. The third-order valence-corrected chi connectivity index (χ3v) is 5.31. The number of halogens is 1. The number of nitrogens with zero attached hydrogens (tertiary/aromatic N) is 2. The number of hydrogen-bond donors (Lipinski definition) is 1. The lowest BCUT2D eigenvalue weighted by atomic mass is 10.0. The van der Waals surface area contributed by atoms with Gasteiger partial charge in [-0.25, -0.2) is 4.39 Å². The summed E-state index contributed by atoms with van der Waals surface area (Å²) in [6, 6.07) is 10.8. The summed E-state index contributed by atoms with van der Waals surface area (Å²) in [5.41, 5.74) is 1.76. The van der Waals surface area contributed by atoms with Gasteiger partial charge in [-0.05, 0) is 37.5 Å². The van der Waals surface area contributed by atoms with Crippen LogP contribution in [-0.4, -0.2) is 37.3 Å². The Morgan fingerprint density at radius 3 is 2.88 bits per heavy atom. The van der Waals surface area contributed by atoms with Crippen molar-refractivity contribution in [1.82, 2.24) is 4.98 Å². The van der Waals surface area contributed by atoms with E-state index in [0.29, 0.717) is 13.2 Å². The lowest BCUT2D eigenvalue weighted by molar-refractivity contribution is 0.0989. The van der Waals surface area contributed by atoms with E-state index in [1.807, 2.05) is 12.1 Å². The molecule has 0 aliphatic carbocycles. The van der Waals surface area contributed by atoms with Gasteiger partial charge < -0.3 is 19.5 Å². The summed E-state index contributed by atoms with van der Waals surface area (Å²) < 4.78 is 19.2. The fourth-order valence-corrected chi connectivity index (χ4v) is 4.06. The normalized spacial score (nSPS) is 23.5. The molecule has 138 valence electrons. The van der Waals surface area contributed by atoms with Crippen LogP contribution in [0.15, 0.2) is 41.2 Å². The Kier molecular flexibility index (Phi) is 4.68. The molecule has 4 rings (SSSR count). The maximum atomic E-state index is 13.7. The molecule has 2 aliphatic rings. The predicted molar refractivity (Wildman–Crippen MR) is 100 cm³/mol. The van der Waals surface area contributed by atoms with Crippen molar-refractivity contribution >= 4 is 11.5 Å². The zero-order valence-corrected chi connectivity index (χ0v) is 15.0. The van der Waals surface area contributed by atoms with Crippen LogP contribution >= 0.6 is 0 Å². The molecule has 3 heterocycles. The minimum atomic E-state index is -0.223. The summed E-state index contributed by atoms with van der Waals surface area (Å²) in [5.74, 6) is 0.580. The molecular weight excluding hydrogens is 333 g/mol. The number of nitrogens with one attached hydrogen (secondary N) is 1. The van der Waals surface area contributed by atoms with Gasteiger partial charge in [0.25, 0.3) is 5.56 Å². The second-order valence-electron chi connectivity index (χ2n) is 7.11. The van der Waals surface area contributed by atoms with Crippen LogP contribution in [0.2, 0.25) is 0 Å². The Morgan fingerprint density at radius 1 is 1.19 bits per heavy atom. The highest BCUT2D eigenvalue weighted by Crippen LogP contribution is 2.36. The average Bonchev–Trinajstić information content (AvgIpc) is 3.11. The van der Waals surface area contributed by atoms with Crippen LogP contribution in [0.1, 0.15) is 31.4 Å². The number of benzene rings is 1. The number of aromatic nitrogens is 1. The minimum absolute atomic E-state index is 0.0821. The number of pyridine rings is 1. The van der Waals surface area contributed by atoms with Crippen molar-refractivity contribution in [1.29, 1.82) is 0 Å². The van der Waals surface area contributed by atoms with Crippen LogP contribution in [0.5, 0.6) is 0 Å². The Bertz CT molecular complexity index is 838. The molecule has 0 radical (unpaired) electrons. The number of rotatable bonds is 3. The van der Waals surface area contributed by atoms with E-state index < -0.39 is 0 Å². The van der Waals surface area contributed by atoms with Crippen molar-refractivity contribution in [2.75, 3.05) is 36.1 Å². The standard InChI is InChI=1S/C20H24FN3O2/c1-14-13-26-9-8-23(14)17-11-19(22-20(25)12-17)24-7-3-6-18(24)15-4-2-5-16(21)10-15/h2,4-5,10-12,14,18H,3,6-9,13H2,1H3,(H,22,25)/t14-,18+/m1/s1. The maximum Gasteiger partial charge on any atom is 0.251 e. The Morgan fingerprint density at radius 2 is 2.08 bits per heavy atom. The molecule has 0 unspecified atom stereocenters. The Balaban J connectivity index is 1.67. The molecule has 2 atom stereocenters. The van der Waals surface area contributed by atoms with Crippen LogP contribution in [0, 0.1) is 5.82 Å². The van der Waals surface area contributed by atoms with E-state index in [1.165, 1.54) is 6.07 Å². The molecule has 26 heavy (non-hydrogen) atoms. The molecule has 0 spiro atoms. The lowest BCUT2D eigenvalue weighted by Gasteiger charge is -2.36. The smallest absolute Gasteiger partial charge is 0.251 e. The summed E-state index contributed by atoms with van der Waals surface area (Å²) in [7, 11) is 0. The first-order valence-corrected chi connectivity index (χ1v) is 9.23. The number of ether oxygens (including phenoxy) is 1. The third-order valence-electron chi connectivity index (χ3n) is 5.31. The molecule has 6 heteroatoms. The Labute approximate surface area is 152 Å². The summed E-state index contributed by atoms with van der Waals surface area (Å²) >= 11 is 0. The van der Waals surface area contributed by atoms with Crippen molar-refractivity contribution in [3.8, 4) is 0 Å². The van der Waals surface area contributed by atoms with E-state index in [-0.39, 0.29) is 23.5 Å². The molecule has 2 saturated heterocycles. The fourth-order valence-electron chi connectivity index (χ4n) is 4.06. The number of aromatic amines is 1. The summed E-state index contributed by atoms with van der Waals surface area (Å²) in [4.78, 5) is 19.7. The molecule has 1 aromatic heterocycles. The number of anilines is 2. The van der Waals surface area contributed by atoms with Gasteiger partial charge in [-0.3, -0.25) is 4.79 Å². The van der Waals surface area contributed by atoms with Gasteiger partial charge in [-0.2, -0.15) is 0 Å². The highest BCUT2D eigenvalue weighted by Gasteiger charge is 2.28. The molecule has 1 N–H and O–H groups in total. The molecule has 0 saturated carbocycles. The highest BCUT2D eigenvalue weighted by atomic mass is 19.1. The average molecular weight is 357 g/mol. The first kappa shape index (κ1) is 17.1. The predicted octanol–water partition coefficient (Wildman–Crippen LogP) is 3.08. The molecule has 2 aliphatic heterocycles. The minimum Gasteiger partial charge on any atom is -0.377 e. The first-order chi connectivity index (χ1) is 12.6. The van der Waals surface area contributed by atoms with Gasteiger partial charge in [0, 0.05) is 37.0 Å². The van der Waals surface area contributed by atoms with Crippen molar-refractivity contribution in [2.45, 2.75) is 31.8 Å². The zero-order valence-electron chi connectivity index (χ0n) is 15.0. The van der Waals surface area contributed by atoms with Crippen molar-refractivity contribution in [3.05, 3.63) is 58.1 Å². The quantitative estimate of drug-likeness (QED) is 0.917. The van der Waals surface area contributed by atoms with Gasteiger partial charge >= 0.3 is 0 Å². The second kappa shape index (κ2) is 7.11. The Hall–Kier alpha value is -2.34. The lowest BCUT2D eigenvalue weighted by Crippen LogP contribution is -2.44. The van der Waals surface area contributed by atoms with Gasteiger partial charge in [0.05, 0.1) is 19.3 Å². The largest absolute Gasteiger partial charge is 0.377 e. The molecule has 0 bridgehead atoms. The molecule has 2 aromatic rings. The van der Waals surface area contributed by atoms with Crippen LogP contribution in [-0.2, 0) is 4.74 Å². The van der Waals surface area contributed by atoms with Gasteiger partial charge in [0.1, 0.15) is 11.6 Å². The van der Waals surface area contributed by atoms with Gasteiger partial charge in [-0.15, -0.1) is 0 Å². The van der Waals surface area contributed by atoms with Crippen molar-refractivity contribution in [3.63, 3.8) is 0 Å². The summed E-state index contributed by atoms with van der Waals surface area (Å²) in [5, 5.41) is 0. The van der Waals surface area contributed by atoms with Gasteiger partial charge in [-0.1, -0.05) is 12.1 Å². The summed E-state index contributed by atoms with van der Waals surface area (Å²) in [6.07, 6.45) is 1.96. The fraction of sp³-hybridized carbons (Fsp3) is 0.450. The van der Waals surface area contributed by atoms with Crippen LogP contribution in [0.3, 0.4) is 0 Å². The van der Waals surface area contributed by atoms with Crippen molar-refractivity contribution in [2.24, 2.45) is 0 Å². The van der Waals surface area contributed by atoms with E-state index in [0.717, 1.165) is 43.0 Å². The monoisotopic (exact) mass is 357 g/mol. The van der Waals surface area contributed by atoms with Crippen LogP contribution in [0.4, 0.5) is 15.9 Å². The molecule has 0 amide bonds. The summed E-state index contributed by atoms with van der Waals surface area (Å²) in [6.45, 7) is 5.06. The van der Waals surface area contributed by atoms with E-state index in [1.54, 1.807) is 18.2 Å². The topological polar surface area (TPSA) is 48.6 Å². The van der Waals surface area contributed by atoms with Crippen LogP contribution < -0.4 is 15.4 Å². The molecule has 1 aromatic carbocycles. The number of morpholine rings is 1. The molecular formula is C20H24FN3O2. The van der Waals surface area contributed by atoms with Crippen molar-refractivity contribution < 1.29 is 9.13 Å². The molecule has 2 fully saturated rings. The van der Waals surface area contributed by atoms with E-state index in [2.05, 4.69) is 21.7 Å².